The largest absolute Gasteiger partial charge is 0.508 e. The second-order valence-corrected chi connectivity index (χ2v) is 6.01. The van der Waals surface area contributed by atoms with Crippen LogP contribution in [0.2, 0.25) is 0 Å². The predicted octanol–water partition coefficient (Wildman–Crippen LogP) is 4.78. The van der Waals surface area contributed by atoms with Crippen molar-refractivity contribution in [3.05, 3.63) is 57.8 Å². The Hall–Kier alpha value is -1.55. The molecule has 0 saturated carbocycles. The summed E-state index contributed by atoms with van der Waals surface area (Å²) in [4.78, 5) is 0. The van der Waals surface area contributed by atoms with Crippen molar-refractivity contribution >= 4 is 21.6 Å². The first kappa shape index (κ1) is 13.4. The lowest BCUT2D eigenvalue weighted by Gasteiger charge is -2.27. The average Bonchev–Trinajstić information content (AvgIpc) is 2.41. The van der Waals surface area contributed by atoms with Gasteiger partial charge in [0.2, 0.25) is 0 Å². The molecule has 2 aromatic rings. The summed E-state index contributed by atoms with van der Waals surface area (Å²) in [5.74, 6) is 0.0319. The summed E-state index contributed by atoms with van der Waals surface area (Å²) in [5.41, 5.74) is 2.81. The molecule has 0 radical (unpaired) electrons. The number of halogens is 2. The zero-order valence-electron chi connectivity index (χ0n) is 10.9. The summed E-state index contributed by atoms with van der Waals surface area (Å²) in [7, 11) is 0. The molecule has 1 unspecified atom stereocenters. The van der Waals surface area contributed by atoms with Crippen LogP contribution in [-0.2, 0) is 6.42 Å². The highest BCUT2D eigenvalue weighted by molar-refractivity contribution is 9.10. The number of hydrogen-bond donors (Lipinski definition) is 2. The molecule has 3 rings (SSSR count). The monoisotopic (exact) mass is 335 g/mol. The van der Waals surface area contributed by atoms with Gasteiger partial charge in [-0.3, -0.25) is 0 Å². The molecule has 1 aliphatic carbocycles. The first-order valence-corrected chi connectivity index (χ1v) is 7.46. The van der Waals surface area contributed by atoms with Crippen LogP contribution in [0.1, 0.15) is 30.0 Å². The highest BCUT2D eigenvalue weighted by Gasteiger charge is 2.21. The number of nitrogens with one attached hydrogen (secondary N) is 1. The van der Waals surface area contributed by atoms with Crippen molar-refractivity contribution in [2.24, 2.45) is 0 Å². The van der Waals surface area contributed by atoms with Crippen LogP contribution in [0.3, 0.4) is 0 Å². The first-order chi connectivity index (χ1) is 9.63. The maximum absolute atomic E-state index is 13.9. The second-order valence-electron chi connectivity index (χ2n) is 5.10. The smallest absolute Gasteiger partial charge is 0.147 e. The van der Waals surface area contributed by atoms with Gasteiger partial charge >= 0.3 is 0 Å². The number of aromatic hydroxyl groups is 1. The number of anilines is 1. The normalized spacial score (nSPS) is 17.6. The van der Waals surface area contributed by atoms with Crippen LogP contribution < -0.4 is 5.32 Å². The molecule has 1 aliphatic rings. The molecule has 104 valence electrons. The van der Waals surface area contributed by atoms with Gasteiger partial charge < -0.3 is 10.4 Å². The van der Waals surface area contributed by atoms with Crippen LogP contribution in [0.5, 0.6) is 5.75 Å². The molecule has 0 aromatic heterocycles. The average molecular weight is 336 g/mol. The molecule has 0 amide bonds. The van der Waals surface area contributed by atoms with E-state index in [2.05, 4.69) is 21.2 Å². The number of rotatable bonds is 2. The Labute approximate surface area is 125 Å². The van der Waals surface area contributed by atoms with E-state index in [4.69, 9.17) is 0 Å². The lowest BCUT2D eigenvalue weighted by molar-refractivity contribution is 0.472. The Morgan fingerprint density at radius 1 is 1.20 bits per heavy atom. The van der Waals surface area contributed by atoms with Gasteiger partial charge in [-0.2, -0.15) is 0 Å². The number of fused-ring (bicyclic) bond motifs is 1. The van der Waals surface area contributed by atoms with Crippen molar-refractivity contribution in [3.8, 4) is 5.75 Å². The van der Waals surface area contributed by atoms with Crippen molar-refractivity contribution in [1.29, 1.82) is 0 Å². The van der Waals surface area contributed by atoms with Gasteiger partial charge in [0.05, 0.1) is 11.7 Å². The van der Waals surface area contributed by atoms with Crippen LogP contribution in [0, 0.1) is 5.82 Å². The molecule has 2 N–H and O–H groups in total. The molecule has 0 fully saturated rings. The molecule has 4 heteroatoms. The minimum Gasteiger partial charge on any atom is -0.508 e. The third-order valence-electron chi connectivity index (χ3n) is 3.70. The molecule has 0 spiro atoms. The van der Waals surface area contributed by atoms with E-state index in [9.17, 15) is 9.50 Å². The SMILES string of the molecule is Oc1ccc2c(c1)CCCC2Nc1ccc(Br)cc1F. The fourth-order valence-corrected chi connectivity index (χ4v) is 3.08. The number of phenols is 1. The maximum Gasteiger partial charge on any atom is 0.147 e. The molecule has 0 aliphatic heterocycles. The summed E-state index contributed by atoms with van der Waals surface area (Å²) in [6.07, 6.45) is 2.96. The molecule has 0 saturated heterocycles. The van der Waals surface area contributed by atoms with Gasteiger partial charge in [0, 0.05) is 4.47 Å². The predicted molar refractivity (Wildman–Crippen MR) is 81.5 cm³/mol. The highest BCUT2D eigenvalue weighted by Crippen LogP contribution is 2.35. The van der Waals surface area contributed by atoms with Crippen molar-refractivity contribution in [1.82, 2.24) is 0 Å². The quantitative estimate of drug-likeness (QED) is 0.827. The van der Waals surface area contributed by atoms with E-state index in [1.54, 1.807) is 18.2 Å². The van der Waals surface area contributed by atoms with Gasteiger partial charge in [-0.1, -0.05) is 22.0 Å². The van der Waals surface area contributed by atoms with E-state index in [1.807, 2.05) is 12.1 Å². The molecule has 0 bridgehead atoms. The van der Waals surface area contributed by atoms with Crippen molar-refractivity contribution in [2.45, 2.75) is 25.3 Å². The Morgan fingerprint density at radius 2 is 2.05 bits per heavy atom. The van der Waals surface area contributed by atoms with Crippen molar-refractivity contribution < 1.29 is 9.50 Å². The molecular weight excluding hydrogens is 321 g/mol. The van der Waals surface area contributed by atoms with Crippen molar-refractivity contribution in [3.63, 3.8) is 0 Å². The Bertz CT molecular complexity index is 644. The van der Waals surface area contributed by atoms with Crippen LogP contribution in [0.4, 0.5) is 10.1 Å². The summed E-state index contributed by atoms with van der Waals surface area (Å²) in [6, 6.07) is 10.6. The Morgan fingerprint density at radius 3 is 2.85 bits per heavy atom. The van der Waals surface area contributed by atoms with Gasteiger partial charge in [0.1, 0.15) is 11.6 Å². The number of phenolic OH excluding ortho intramolecular Hbond substituents is 1. The number of hydrogen-bond acceptors (Lipinski definition) is 2. The lowest BCUT2D eigenvalue weighted by Crippen LogP contribution is -2.17. The molecular formula is C16H15BrFNO. The molecule has 2 aromatic carbocycles. The molecule has 2 nitrogen and oxygen atoms in total. The topological polar surface area (TPSA) is 32.3 Å². The maximum atomic E-state index is 13.9. The Kier molecular flexibility index (Phi) is 3.66. The summed E-state index contributed by atoms with van der Waals surface area (Å²) in [6.45, 7) is 0. The van der Waals surface area contributed by atoms with Gasteiger partial charge in [-0.25, -0.2) is 4.39 Å². The van der Waals surface area contributed by atoms with Gasteiger partial charge in [0.25, 0.3) is 0 Å². The standard InChI is InChI=1S/C16H15BrFNO/c17-11-4-7-16(14(18)9-11)19-15-3-1-2-10-8-12(20)5-6-13(10)15/h4-9,15,19-20H,1-3H2. The lowest BCUT2D eigenvalue weighted by atomic mass is 9.87. The third kappa shape index (κ3) is 2.66. The zero-order valence-corrected chi connectivity index (χ0v) is 12.5. The van der Waals surface area contributed by atoms with Gasteiger partial charge in [-0.05, 0) is 60.7 Å². The van der Waals surface area contributed by atoms with Gasteiger partial charge in [-0.15, -0.1) is 0 Å². The van der Waals surface area contributed by atoms with Crippen molar-refractivity contribution in [2.75, 3.05) is 5.32 Å². The van der Waals surface area contributed by atoms with E-state index < -0.39 is 0 Å². The van der Waals surface area contributed by atoms with Crippen LogP contribution in [0.25, 0.3) is 0 Å². The fraction of sp³-hybridized carbons (Fsp3) is 0.250. The van der Waals surface area contributed by atoms with E-state index in [1.165, 1.54) is 6.07 Å². The summed E-state index contributed by atoms with van der Waals surface area (Å²) < 4.78 is 14.6. The zero-order chi connectivity index (χ0) is 14.1. The number of benzene rings is 2. The second kappa shape index (κ2) is 5.44. The minimum absolute atomic E-state index is 0.0926. The van der Waals surface area contributed by atoms with E-state index in [-0.39, 0.29) is 11.9 Å². The van der Waals surface area contributed by atoms with E-state index in [0.717, 1.165) is 34.9 Å². The van der Waals surface area contributed by atoms with E-state index in [0.29, 0.717) is 11.4 Å². The summed E-state index contributed by atoms with van der Waals surface area (Å²) >= 11 is 3.26. The highest BCUT2D eigenvalue weighted by atomic mass is 79.9. The number of aryl methyl sites for hydroxylation is 1. The van der Waals surface area contributed by atoms with Crippen LogP contribution in [-0.4, -0.2) is 5.11 Å². The first-order valence-electron chi connectivity index (χ1n) is 6.67. The molecule has 0 heterocycles. The summed E-state index contributed by atoms with van der Waals surface area (Å²) in [5, 5.41) is 12.8. The molecule has 1 atom stereocenters. The van der Waals surface area contributed by atoms with E-state index >= 15 is 0 Å². The third-order valence-corrected chi connectivity index (χ3v) is 4.20. The van der Waals surface area contributed by atoms with Gasteiger partial charge in [0.15, 0.2) is 0 Å². The minimum atomic E-state index is -0.259. The fourth-order valence-electron chi connectivity index (χ4n) is 2.74. The Balaban J connectivity index is 1.89. The molecule has 20 heavy (non-hydrogen) atoms. The van der Waals surface area contributed by atoms with Crippen LogP contribution >= 0.6 is 15.9 Å². The van der Waals surface area contributed by atoms with Crippen LogP contribution in [0.15, 0.2) is 40.9 Å².